The molecule has 1 unspecified atom stereocenters. The van der Waals surface area contributed by atoms with Crippen molar-refractivity contribution in [1.82, 2.24) is 15.1 Å². The summed E-state index contributed by atoms with van der Waals surface area (Å²) >= 11 is 0. The Morgan fingerprint density at radius 3 is 2.26 bits per heavy atom. The van der Waals surface area contributed by atoms with Gasteiger partial charge in [-0.3, -0.25) is 4.79 Å². The van der Waals surface area contributed by atoms with Gasteiger partial charge >= 0.3 is 6.18 Å². The number of nitrogen functional groups attached to an aromatic ring is 1. The summed E-state index contributed by atoms with van der Waals surface area (Å²) in [7, 11) is 0. The molecule has 4 aromatic carbocycles. The van der Waals surface area contributed by atoms with Gasteiger partial charge in [0.05, 0.1) is 11.7 Å². The van der Waals surface area contributed by atoms with Crippen molar-refractivity contribution in [3.63, 3.8) is 0 Å². The maximum Gasteiger partial charge on any atom is 0.435 e. The molecule has 7 nitrogen and oxygen atoms in total. The zero-order valence-electron chi connectivity index (χ0n) is 22.5. The first-order valence-corrected chi connectivity index (χ1v) is 13.2. The number of aromatic nitrogens is 2. The lowest BCUT2D eigenvalue weighted by Gasteiger charge is -2.21. The number of halogens is 3. The highest BCUT2D eigenvalue weighted by Crippen LogP contribution is 2.30. The van der Waals surface area contributed by atoms with Crippen LogP contribution in [0.25, 0.3) is 5.69 Å². The summed E-state index contributed by atoms with van der Waals surface area (Å²) < 4.78 is 41.8. The van der Waals surface area contributed by atoms with Crippen LogP contribution in [0.2, 0.25) is 0 Å². The number of nitrogens with one attached hydrogen (secondary N) is 2. The van der Waals surface area contributed by atoms with Gasteiger partial charge in [-0.05, 0) is 58.7 Å². The summed E-state index contributed by atoms with van der Waals surface area (Å²) in [5.41, 5.74) is 15.1. The van der Waals surface area contributed by atoms with E-state index in [0.29, 0.717) is 29.2 Å². The maximum absolute atomic E-state index is 13.6. The van der Waals surface area contributed by atoms with Gasteiger partial charge in [-0.1, -0.05) is 66.7 Å². The minimum atomic E-state index is -4.73. The lowest BCUT2D eigenvalue weighted by Crippen LogP contribution is -2.22. The summed E-state index contributed by atoms with van der Waals surface area (Å²) in [6.45, 7) is 0.738. The van der Waals surface area contributed by atoms with E-state index < -0.39 is 17.8 Å². The monoisotopic (exact) mass is 570 g/mol. The Balaban J connectivity index is 1.44. The van der Waals surface area contributed by atoms with Gasteiger partial charge in [0.2, 0.25) is 0 Å². The van der Waals surface area contributed by atoms with E-state index in [1.165, 1.54) is 0 Å². The molecule has 0 saturated carbocycles. The number of hydrogen-bond acceptors (Lipinski definition) is 5. The summed E-state index contributed by atoms with van der Waals surface area (Å²) in [4.78, 5) is 13.4. The molecule has 1 aromatic heterocycles. The van der Waals surface area contributed by atoms with Crippen LogP contribution < -0.4 is 22.1 Å². The molecule has 0 saturated heterocycles. The third-order valence-electron chi connectivity index (χ3n) is 6.72. The molecule has 214 valence electrons. The van der Waals surface area contributed by atoms with Crippen molar-refractivity contribution in [3.8, 4) is 5.69 Å². The third-order valence-corrected chi connectivity index (χ3v) is 6.72. The van der Waals surface area contributed by atoms with Gasteiger partial charge in [0, 0.05) is 30.5 Å². The van der Waals surface area contributed by atoms with Gasteiger partial charge in [0.1, 0.15) is 5.69 Å². The van der Waals surface area contributed by atoms with E-state index in [4.69, 9.17) is 11.5 Å². The number of rotatable bonds is 9. The van der Waals surface area contributed by atoms with Crippen molar-refractivity contribution in [2.24, 2.45) is 5.73 Å². The van der Waals surface area contributed by atoms with Crippen LogP contribution in [0.1, 0.15) is 44.5 Å². The standard InChI is InChI=1S/C32H29F3N6O/c33-32(34,35)29-18-28(41(40-29)27-11-4-6-22(16-27)19-36)31(42)39-26-10-5-9-24(17-26)30(23-7-2-1-3-8-23)38-20-21-12-14-25(37)15-13-21/h1-18,30,38H,19-20,36-37H2,(H,39,42). The Labute approximate surface area is 241 Å². The highest BCUT2D eigenvalue weighted by atomic mass is 19.4. The van der Waals surface area contributed by atoms with Crippen LogP contribution in [0.5, 0.6) is 0 Å². The fraction of sp³-hybridized carbons (Fsp3) is 0.125. The number of anilines is 2. The van der Waals surface area contributed by atoms with Crippen LogP contribution in [0.3, 0.4) is 0 Å². The van der Waals surface area contributed by atoms with E-state index in [1.807, 2.05) is 60.7 Å². The second kappa shape index (κ2) is 12.3. The largest absolute Gasteiger partial charge is 0.435 e. The minimum absolute atomic E-state index is 0.185. The van der Waals surface area contributed by atoms with Crippen molar-refractivity contribution >= 4 is 17.3 Å². The van der Waals surface area contributed by atoms with Crippen molar-refractivity contribution in [2.75, 3.05) is 11.1 Å². The Morgan fingerprint density at radius 2 is 1.55 bits per heavy atom. The topological polar surface area (TPSA) is 111 Å². The first-order chi connectivity index (χ1) is 20.2. The first-order valence-electron chi connectivity index (χ1n) is 13.2. The summed E-state index contributed by atoms with van der Waals surface area (Å²) in [5.74, 6) is -0.737. The highest BCUT2D eigenvalue weighted by molar-refractivity contribution is 6.03. The molecule has 5 aromatic rings. The quantitative estimate of drug-likeness (QED) is 0.161. The predicted octanol–water partition coefficient (Wildman–Crippen LogP) is 6.06. The minimum Gasteiger partial charge on any atom is -0.399 e. The number of benzene rings is 4. The zero-order valence-corrected chi connectivity index (χ0v) is 22.5. The van der Waals surface area contributed by atoms with Crippen LogP contribution in [0.15, 0.2) is 109 Å². The Hall–Kier alpha value is -4.93. The molecule has 0 fully saturated rings. The van der Waals surface area contributed by atoms with Crippen molar-refractivity contribution < 1.29 is 18.0 Å². The zero-order chi connectivity index (χ0) is 29.7. The van der Waals surface area contributed by atoms with Gasteiger partial charge < -0.3 is 22.1 Å². The number of hydrogen-bond donors (Lipinski definition) is 4. The molecule has 0 aliphatic carbocycles. The van der Waals surface area contributed by atoms with Gasteiger partial charge in [-0.15, -0.1) is 0 Å². The fourth-order valence-corrected chi connectivity index (χ4v) is 4.61. The van der Waals surface area contributed by atoms with Gasteiger partial charge in [0.15, 0.2) is 5.69 Å². The predicted molar refractivity (Wildman–Crippen MR) is 157 cm³/mol. The van der Waals surface area contributed by atoms with Crippen molar-refractivity contribution in [2.45, 2.75) is 25.3 Å². The maximum atomic E-state index is 13.6. The number of nitrogens with two attached hydrogens (primary N) is 2. The molecule has 1 atom stereocenters. The highest BCUT2D eigenvalue weighted by Gasteiger charge is 2.36. The Morgan fingerprint density at radius 1 is 0.833 bits per heavy atom. The smallest absolute Gasteiger partial charge is 0.399 e. The Kier molecular flexibility index (Phi) is 8.37. The van der Waals surface area contributed by atoms with E-state index in [9.17, 15) is 18.0 Å². The summed E-state index contributed by atoms with van der Waals surface area (Å²) in [5, 5.41) is 10.0. The molecule has 0 bridgehead atoms. The molecule has 10 heteroatoms. The van der Waals surface area contributed by atoms with Gasteiger partial charge in [-0.25, -0.2) is 4.68 Å². The Bertz CT molecular complexity index is 1670. The number of amides is 1. The van der Waals surface area contributed by atoms with Gasteiger partial charge in [0.25, 0.3) is 5.91 Å². The number of carbonyl (C=O) groups is 1. The molecule has 0 radical (unpaired) electrons. The first kappa shape index (κ1) is 28.6. The number of carbonyl (C=O) groups excluding carboxylic acids is 1. The molecule has 6 N–H and O–H groups in total. The second-order valence-corrected chi connectivity index (χ2v) is 9.74. The SMILES string of the molecule is NCc1cccc(-n2nc(C(F)(F)F)cc2C(=O)Nc2cccc(C(NCc3ccc(N)cc3)c3ccccc3)c2)c1. The summed E-state index contributed by atoms with van der Waals surface area (Å²) in [6, 6.07) is 31.7. The fourth-order valence-electron chi connectivity index (χ4n) is 4.61. The molecule has 1 heterocycles. The second-order valence-electron chi connectivity index (χ2n) is 9.74. The molecule has 5 rings (SSSR count). The molecule has 1 amide bonds. The number of nitrogens with zero attached hydrogens (tertiary/aromatic N) is 2. The van der Waals surface area contributed by atoms with E-state index in [-0.39, 0.29) is 18.3 Å². The molecule has 0 aliphatic rings. The molecule has 0 spiro atoms. The lowest BCUT2D eigenvalue weighted by atomic mass is 9.97. The normalized spacial score (nSPS) is 12.2. The van der Waals surface area contributed by atoms with E-state index in [1.54, 1.807) is 42.5 Å². The molecule has 42 heavy (non-hydrogen) atoms. The lowest BCUT2D eigenvalue weighted by molar-refractivity contribution is -0.141. The van der Waals surface area contributed by atoms with Crippen molar-refractivity contribution in [1.29, 1.82) is 0 Å². The molecular weight excluding hydrogens is 541 g/mol. The van der Waals surface area contributed by atoms with Crippen LogP contribution in [0.4, 0.5) is 24.5 Å². The molecular formula is C32H29F3N6O. The van der Waals surface area contributed by atoms with E-state index in [0.717, 1.165) is 27.4 Å². The van der Waals surface area contributed by atoms with Gasteiger partial charge in [-0.2, -0.15) is 18.3 Å². The molecule has 0 aliphatic heterocycles. The van der Waals surface area contributed by atoms with Crippen LogP contribution >= 0.6 is 0 Å². The average molecular weight is 571 g/mol. The van der Waals surface area contributed by atoms with Crippen LogP contribution in [-0.4, -0.2) is 15.7 Å². The van der Waals surface area contributed by atoms with Crippen molar-refractivity contribution in [3.05, 3.63) is 143 Å². The van der Waals surface area contributed by atoms with E-state index >= 15 is 0 Å². The third kappa shape index (κ3) is 6.68. The average Bonchev–Trinajstić information content (AvgIpc) is 3.46. The summed E-state index contributed by atoms with van der Waals surface area (Å²) in [6.07, 6.45) is -4.73. The van der Waals surface area contributed by atoms with Crippen LogP contribution in [-0.2, 0) is 19.3 Å². The van der Waals surface area contributed by atoms with Crippen LogP contribution in [0, 0.1) is 0 Å². The number of alkyl halides is 3. The van der Waals surface area contributed by atoms with E-state index in [2.05, 4.69) is 15.7 Å².